The van der Waals surface area contributed by atoms with Gasteiger partial charge in [-0.15, -0.1) is 11.3 Å². The molecule has 0 aliphatic heterocycles. The first kappa shape index (κ1) is 22.6. The number of aromatic nitrogens is 4. The summed E-state index contributed by atoms with van der Waals surface area (Å²) < 4.78 is 6.79. The Morgan fingerprint density at radius 3 is 3.00 bits per heavy atom. The van der Waals surface area contributed by atoms with Gasteiger partial charge in [0.25, 0.3) is 11.1 Å². The number of methoxy groups -OCH3 is 1. The third-order valence-electron chi connectivity index (χ3n) is 5.95. The molecule has 4 aromatic rings. The summed E-state index contributed by atoms with van der Waals surface area (Å²) in [7, 11) is 1.59. The molecule has 0 amide bonds. The van der Waals surface area contributed by atoms with Crippen LogP contribution in [0.2, 0.25) is 5.02 Å². The van der Waals surface area contributed by atoms with Crippen molar-refractivity contribution in [1.29, 1.82) is 0 Å². The fourth-order valence-corrected chi connectivity index (χ4v) is 6.72. The van der Waals surface area contributed by atoms with Crippen molar-refractivity contribution in [2.75, 3.05) is 13.7 Å². The van der Waals surface area contributed by atoms with Crippen LogP contribution >= 0.6 is 34.7 Å². The highest BCUT2D eigenvalue weighted by Crippen LogP contribution is 2.35. The number of hydrogen-bond donors (Lipinski definition) is 1. The van der Waals surface area contributed by atoms with Crippen LogP contribution in [0.4, 0.5) is 0 Å². The molecule has 10 heteroatoms. The van der Waals surface area contributed by atoms with Gasteiger partial charge in [-0.2, -0.15) is 0 Å². The second-order valence-corrected chi connectivity index (χ2v) is 10.8. The zero-order valence-corrected chi connectivity index (χ0v) is 20.7. The molecule has 0 unspecified atom stereocenters. The van der Waals surface area contributed by atoms with Gasteiger partial charge < -0.3 is 9.72 Å². The van der Waals surface area contributed by atoms with Gasteiger partial charge in [0.05, 0.1) is 35.2 Å². The minimum Gasteiger partial charge on any atom is -0.383 e. The molecule has 1 aromatic carbocycles. The number of H-pyrrole nitrogens is 1. The lowest BCUT2D eigenvalue weighted by Crippen LogP contribution is -2.25. The molecule has 3 aromatic heterocycles. The molecule has 7 nitrogen and oxygen atoms in total. The number of thiophene rings is 1. The maximum Gasteiger partial charge on any atom is 0.262 e. The number of halogens is 1. The van der Waals surface area contributed by atoms with E-state index >= 15 is 0 Å². The highest BCUT2D eigenvalue weighted by molar-refractivity contribution is 7.98. The molecule has 172 valence electrons. The molecule has 0 bridgehead atoms. The third kappa shape index (κ3) is 4.35. The smallest absolute Gasteiger partial charge is 0.262 e. The molecule has 5 rings (SSSR count). The highest BCUT2D eigenvalue weighted by Gasteiger charge is 2.23. The van der Waals surface area contributed by atoms with E-state index in [0.29, 0.717) is 51.7 Å². The van der Waals surface area contributed by atoms with Crippen LogP contribution in [-0.2, 0) is 29.9 Å². The second-order valence-electron chi connectivity index (χ2n) is 8.34. The lowest BCUT2D eigenvalue weighted by Gasteiger charge is -2.17. The van der Waals surface area contributed by atoms with Crippen molar-refractivity contribution in [1.82, 2.24) is 19.5 Å². The largest absolute Gasteiger partial charge is 0.383 e. The maximum atomic E-state index is 13.1. The fraction of sp³-hybridized carbons (Fsp3) is 0.391. The normalized spacial score (nSPS) is 15.9. The van der Waals surface area contributed by atoms with E-state index in [0.717, 1.165) is 29.5 Å². The van der Waals surface area contributed by atoms with E-state index in [1.807, 2.05) is 0 Å². The Labute approximate surface area is 203 Å². The van der Waals surface area contributed by atoms with Crippen molar-refractivity contribution in [3.63, 3.8) is 0 Å². The molecule has 1 aliphatic rings. The Morgan fingerprint density at radius 2 is 2.18 bits per heavy atom. The lowest BCUT2D eigenvalue weighted by molar-refractivity contribution is 0.183. The molecule has 0 saturated heterocycles. The highest BCUT2D eigenvalue weighted by atomic mass is 35.5. The van der Waals surface area contributed by atoms with E-state index < -0.39 is 0 Å². The van der Waals surface area contributed by atoms with Crippen molar-refractivity contribution in [2.24, 2.45) is 5.92 Å². The predicted molar refractivity (Wildman–Crippen MR) is 134 cm³/mol. The summed E-state index contributed by atoms with van der Waals surface area (Å²) in [5.74, 6) is 1.59. The third-order valence-corrected chi connectivity index (χ3v) is 8.32. The standard InChI is InChI=1S/C23H23ClN4O3S2/c1-12-3-5-15-17(9-12)33-21-19(15)20(29)26-18(27-21)11-32-23-25-16-10-13(24)4-6-14(16)22(30)28(23)7-8-31-2/h4,6,10,12H,3,5,7-9,11H2,1-2H3,(H,26,27,29)/t12-/m1/s1. The SMILES string of the molecule is COCCn1c(SCc2nc3sc4c(c3c(=O)[nH]2)CC[C@@H](C)C4)nc2cc(Cl)ccc2c1=O. The number of nitrogens with zero attached hydrogens (tertiary/aromatic N) is 3. The summed E-state index contributed by atoms with van der Waals surface area (Å²) >= 11 is 9.11. The van der Waals surface area contributed by atoms with Crippen LogP contribution in [0, 0.1) is 5.92 Å². The number of rotatable bonds is 6. The van der Waals surface area contributed by atoms with Crippen molar-refractivity contribution >= 4 is 55.8 Å². The Hall–Kier alpha value is -2.20. The van der Waals surface area contributed by atoms with Crippen LogP contribution in [0.25, 0.3) is 21.1 Å². The molecule has 3 heterocycles. The molecule has 1 N–H and O–H groups in total. The molecular formula is C23H23ClN4O3S2. The summed E-state index contributed by atoms with van der Waals surface area (Å²) in [6, 6.07) is 5.06. The van der Waals surface area contributed by atoms with Crippen molar-refractivity contribution < 1.29 is 4.74 Å². The molecule has 0 saturated carbocycles. The monoisotopic (exact) mass is 502 g/mol. The molecular weight excluding hydrogens is 480 g/mol. The minimum atomic E-state index is -0.145. The number of aromatic amines is 1. The van der Waals surface area contributed by atoms with Crippen LogP contribution in [-0.4, -0.2) is 33.2 Å². The van der Waals surface area contributed by atoms with E-state index in [1.165, 1.54) is 22.2 Å². The molecule has 0 spiro atoms. The Kier molecular flexibility index (Phi) is 6.30. The summed E-state index contributed by atoms with van der Waals surface area (Å²) in [4.78, 5) is 40.4. The van der Waals surface area contributed by atoms with Gasteiger partial charge in [-0.3, -0.25) is 14.2 Å². The Morgan fingerprint density at radius 1 is 1.33 bits per heavy atom. The van der Waals surface area contributed by atoms with E-state index in [9.17, 15) is 9.59 Å². The molecule has 0 radical (unpaired) electrons. The molecule has 0 fully saturated rings. The van der Waals surface area contributed by atoms with E-state index in [1.54, 1.807) is 41.2 Å². The minimum absolute atomic E-state index is 0.0855. The predicted octanol–water partition coefficient (Wildman–Crippen LogP) is 4.41. The van der Waals surface area contributed by atoms with Gasteiger partial charge in [0.1, 0.15) is 10.7 Å². The van der Waals surface area contributed by atoms with Crippen LogP contribution in [0.1, 0.15) is 29.6 Å². The number of ether oxygens (including phenoxy) is 1. The number of fused-ring (bicyclic) bond motifs is 4. The van der Waals surface area contributed by atoms with Gasteiger partial charge in [0.2, 0.25) is 0 Å². The summed E-state index contributed by atoms with van der Waals surface area (Å²) in [5.41, 5.74) is 1.48. The van der Waals surface area contributed by atoms with Gasteiger partial charge in [0.15, 0.2) is 5.16 Å². The molecule has 1 aliphatic carbocycles. The van der Waals surface area contributed by atoms with Crippen LogP contribution in [0.15, 0.2) is 32.9 Å². The summed E-state index contributed by atoms with van der Waals surface area (Å²) in [6.07, 6.45) is 3.05. The maximum absolute atomic E-state index is 13.1. The average Bonchev–Trinajstić information content (AvgIpc) is 3.14. The number of hydrogen-bond acceptors (Lipinski definition) is 7. The summed E-state index contributed by atoms with van der Waals surface area (Å²) in [5, 5.41) is 2.30. The Balaban J connectivity index is 1.50. The zero-order valence-electron chi connectivity index (χ0n) is 18.3. The van der Waals surface area contributed by atoms with Gasteiger partial charge in [-0.05, 0) is 48.9 Å². The van der Waals surface area contributed by atoms with Crippen LogP contribution in [0.5, 0.6) is 0 Å². The van der Waals surface area contributed by atoms with E-state index in [2.05, 4.69) is 16.9 Å². The van der Waals surface area contributed by atoms with Gasteiger partial charge >= 0.3 is 0 Å². The fourth-order valence-electron chi connectivity index (χ4n) is 4.26. The average molecular weight is 503 g/mol. The van der Waals surface area contributed by atoms with Crippen molar-refractivity contribution in [3.8, 4) is 0 Å². The van der Waals surface area contributed by atoms with Gasteiger partial charge in [-0.25, -0.2) is 9.97 Å². The van der Waals surface area contributed by atoms with Gasteiger partial charge in [0, 0.05) is 17.0 Å². The lowest BCUT2D eigenvalue weighted by atomic mass is 9.89. The second kappa shape index (κ2) is 9.21. The Bertz CT molecular complexity index is 1480. The zero-order chi connectivity index (χ0) is 23.1. The first-order valence-electron chi connectivity index (χ1n) is 10.8. The van der Waals surface area contributed by atoms with E-state index in [4.69, 9.17) is 21.3 Å². The molecule has 1 atom stereocenters. The quantitative estimate of drug-likeness (QED) is 0.310. The number of thioether (sulfide) groups is 1. The van der Waals surface area contributed by atoms with Crippen LogP contribution in [0.3, 0.4) is 0 Å². The van der Waals surface area contributed by atoms with Gasteiger partial charge in [-0.1, -0.05) is 30.3 Å². The topological polar surface area (TPSA) is 89.9 Å². The number of benzene rings is 1. The van der Waals surface area contributed by atoms with E-state index in [-0.39, 0.29) is 11.1 Å². The van der Waals surface area contributed by atoms with Crippen LogP contribution < -0.4 is 11.1 Å². The summed E-state index contributed by atoms with van der Waals surface area (Å²) in [6.45, 7) is 3.01. The first-order chi connectivity index (χ1) is 15.9. The number of aryl methyl sites for hydroxylation is 1. The number of nitrogens with one attached hydrogen (secondary N) is 1. The first-order valence-corrected chi connectivity index (χ1v) is 13.0. The molecule has 33 heavy (non-hydrogen) atoms. The van der Waals surface area contributed by atoms with Crippen molar-refractivity contribution in [2.45, 2.75) is 43.6 Å². The van der Waals surface area contributed by atoms with Crippen molar-refractivity contribution in [3.05, 3.63) is 60.2 Å².